The molecule has 1 unspecified atom stereocenters. The molecule has 5 rings (SSSR count). The fraction of sp³-hybridized carbons (Fsp3) is 0.216. The Morgan fingerprint density at radius 2 is 1.32 bits per heavy atom. The summed E-state index contributed by atoms with van der Waals surface area (Å²) in [6, 6.07) is 33.6. The van der Waals surface area contributed by atoms with Crippen LogP contribution in [0.4, 0.5) is 0 Å². The second-order valence-corrected chi connectivity index (χ2v) is 9.72. The molecule has 0 saturated carbocycles. The topological polar surface area (TPSA) is 48.5 Å². The van der Waals surface area contributed by atoms with Crippen molar-refractivity contribution in [2.24, 2.45) is 15.9 Å². The smallest absolute Gasteiger partial charge is 0.159 e. The summed E-state index contributed by atoms with van der Waals surface area (Å²) in [6.07, 6.45) is 3.04. The van der Waals surface area contributed by atoms with E-state index in [1.54, 1.807) is 0 Å². The van der Waals surface area contributed by atoms with E-state index in [1.807, 2.05) is 51.1 Å². The van der Waals surface area contributed by atoms with Crippen molar-refractivity contribution in [1.82, 2.24) is 0 Å². The van der Waals surface area contributed by atoms with Gasteiger partial charge < -0.3 is 0 Å². The molecule has 0 spiro atoms. The second-order valence-electron chi connectivity index (χ2n) is 9.72. The molecule has 5 aromatic rings. The summed E-state index contributed by atoms with van der Waals surface area (Å²) < 4.78 is 0. The third kappa shape index (κ3) is 5.72. The monoisotopic (exact) mass is 523 g/mol. The molecule has 5 aromatic carbocycles. The van der Waals surface area contributed by atoms with Gasteiger partial charge in [-0.05, 0) is 76.7 Å². The lowest BCUT2D eigenvalue weighted by molar-refractivity contribution is 0.737. The SMILES string of the molecule is C/C=C(\N=C(N=C(C)C(C)CC)c1cccc(C#N)c1)c1ccc2c3ccccc3c3ccccc3c2c1.CC. The maximum Gasteiger partial charge on any atom is 0.159 e. The molecular formula is C37H37N3. The third-order valence-electron chi connectivity index (χ3n) is 7.40. The zero-order chi connectivity index (χ0) is 28.6. The first-order chi connectivity index (χ1) is 19.5. The van der Waals surface area contributed by atoms with Crippen molar-refractivity contribution < 1.29 is 0 Å². The average molecular weight is 524 g/mol. The summed E-state index contributed by atoms with van der Waals surface area (Å²) >= 11 is 0. The van der Waals surface area contributed by atoms with Gasteiger partial charge >= 0.3 is 0 Å². The Balaban J connectivity index is 0.00000181. The van der Waals surface area contributed by atoms with Crippen LogP contribution in [0.15, 0.2) is 107 Å². The normalized spacial score (nSPS) is 13.2. The van der Waals surface area contributed by atoms with Gasteiger partial charge in [-0.3, -0.25) is 0 Å². The fourth-order valence-electron chi connectivity index (χ4n) is 4.93. The van der Waals surface area contributed by atoms with Crippen LogP contribution in [0.5, 0.6) is 0 Å². The molecular weight excluding hydrogens is 486 g/mol. The van der Waals surface area contributed by atoms with Gasteiger partial charge in [0.2, 0.25) is 0 Å². The number of nitriles is 1. The highest BCUT2D eigenvalue weighted by molar-refractivity contribution is 6.25. The first kappa shape index (κ1) is 28.5. The molecule has 0 amide bonds. The quantitative estimate of drug-likeness (QED) is 0.128. The molecule has 200 valence electrons. The standard InChI is InChI=1S/C35H31N3.C2H6/c1-5-23(3)24(4)37-35(27-13-11-12-25(20-27)22-36)38-34(6-2)26-18-19-32-30-16-8-7-14-28(30)29-15-9-10-17-31(29)33(32)21-26;1-2/h6-21,23H,5H2,1-4H3;1-2H3/b34-6-,37-24?,38-35?;. The molecule has 0 N–H and O–H groups in total. The van der Waals surface area contributed by atoms with Gasteiger partial charge in [0.1, 0.15) is 0 Å². The van der Waals surface area contributed by atoms with Gasteiger partial charge in [0.25, 0.3) is 0 Å². The Kier molecular flexibility index (Phi) is 9.25. The molecule has 3 heteroatoms. The van der Waals surface area contributed by atoms with E-state index in [4.69, 9.17) is 9.98 Å². The van der Waals surface area contributed by atoms with Crippen LogP contribution in [-0.2, 0) is 0 Å². The first-order valence-corrected chi connectivity index (χ1v) is 14.2. The highest BCUT2D eigenvalue weighted by Crippen LogP contribution is 2.36. The second kappa shape index (κ2) is 13.0. The lowest BCUT2D eigenvalue weighted by atomic mass is 9.93. The molecule has 0 aliphatic heterocycles. The summed E-state index contributed by atoms with van der Waals surface area (Å²) in [4.78, 5) is 10.1. The zero-order valence-electron chi connectivity index (χ0n) is 24.4. The first-order valence-electron chi connectivity index (χ1n) is 14.2. The Bertz CT molecular complexity index is 1760. The van der Waals surface area contributed by atoms with Gasteiger partial charge in [-0.15, -0.1) is 0 Å². The van der Waals surface area contributed by atoms with Gasteiger partial charge in [0.05, 0.1) is 17.3 Å². The number of hydrogen-bond acceptors (Lipinski definition) is 2. The van der Waals surface area contributed by atoms with Crippen molar-refractivity contribution in [2.75, 3.05) is 0 Å². The molecule has 0 aromatic heterocycles. The fourth-order valence-corrected chi connectivity index (χ4v) is 4.93. The number of allylic oxidation sites excluding steroid dienone is 1. The van der Waals surface area contributed by atoms with E-state index in [9.17, 15) is 5.26 Å². The Morgan fingerprint density at radius 1 is 0.750 bits per heavy atom. The van der Waals surface area contributed by atoms with Crippen molar-refractivity contribution in [3.8, 4) is 6.07 Å². The molecule has 0 aliphatic carbocycles. The van der Waals surface area contributed by atoms with Gasteiger partial charge in [-0.1, -0.05) is 107 Å². The molecule has 0 heterocycles. The highest BCUT2D eigenvalue weighted by Gasteiger charge is 2.13. The van der Waals surface area contributed by atoms with Crippen molar-refractivity contribution in [3.63, 3.8) is 0 Å². The van der Waals surface area contributed by atoms with Crippen LogP contribution in [0.25, 0.3) is 38.0 Å². The largest absolute Gasteiger partial charge is 0.238 e. The van der Waals surface area contributed by atoms with E-state index in [2.05, 4.69) is 93.6 Å². The predicted octanol–water partition coefficient (Wildman–Crippen LogP) is 10.4. The number of fused-ring (bicyclic) bond motifs is 6. The van der Waals surface area contributed by atoms with E-state index < -0.39 is 0 Å². The Morgan fingerprint density at radius 3 is 1.88 bits per heavy atom. The number of rotatable bonds is 5. The van der Waals surface area contributed by atoms with Gasteiger partial charge in [0, 0.05) is 16.8 Å². The number of hydrogen-bond donors (Lipinski definition) is 0. The van der Waals surface area contributed by atoms with E-state index in [-0.39, 0.29) is 0 Å². The maximum absolute atomic E-state index is 9.48. The predicted molar refractivity (Wildman–Crippen MR) is 174 cm³/mol. The minimum absolute atomic E-state index is 0.341. The molecule has 0 radical (unpaired) electrons. The third-order valence-corrected chi connectivity index (χ3v) is 7.40. The molecule has 0 aliphatic rings. The number of aliphatic imine (C=N–C) groups is 2. The van der Waals surface area contributed by atoms with Crippen molar-refractivity contribution in [2.45, 2.75) is 48.0 Å². The van der Waals surface area contributed by atoms with Gasteiger partial charge in [-0.2, -0.15) is 5.26 Å². The maximum atomic E-state index is 9.48. The van der Waals surface area contributed by atoms with Crippen LogP contribution >= 0.6 is 0 Å². The minimum Gasteiger partial charge on any atom is -0.238 e. The molecule has 0 bridgehead atoms. The van der Waals surface area contributed by atoms with E-state index in [1.165, 1.54) is 32.3 Å². The van der Waals surface area contributed by atoms with Crippen LogP contribution in [0.1, 0.15) is 64.7 Å². The Hall–Kier alpha value is -4.55. The van der Waals surface area contributed by atoms with Crippen LogP contribution in [0.3, 0.4) is 0 Å². The van der Waals surface area contributed by atoms with Gasteiger partial charge in [0.15, 0.2) is 5.84 Å². The number of nitrogens with zero attached hydrogens (tertiary/aromatic N) is 3. The van der Waals surface area contributed by atoms with Crippen LogP contribution in [-0.4, -0.2) is 11.5 Å². The lowest BCUT2D eigenvalue weighted by Gasteiger charge is -2.13. The van der Waals surface area contributed by atoms with Crippen LogP contribution < -0.4 is 0 Å². The summed E-state index contributed by atoms with van der Waals surface area (Å²) in [7, 11) is 0. The van der Waals surface area contributed by atoms with Crippen molar-refractivity contribution in [1.29, 1.82) is 5.26 Å². The summed E-state index contributed by atoms with van der Waals surface area (Å²) in [5, 5.41) is 16.9. The summed E-state index contributed by atoms with van der Waals surface area (Å²) in [5.41, 5.74) is 4.34. The van der Waals surface area contributed by atoms with Crippen molar-refractivity contribution >= 4 is 49.6 Å². The van der Waals surface area contributed by atoms with E-state index >= 15 is 0 Å². The number of benzene rings is 5. The lowest BCUT2D eigenvalue weighted by Crippen LogP contribution is -2.10. The highest BCUT2D eigenvalue weighted by atomic mass is 14.9. The van der Waals surface area contributed by atoms with Crippen LogP contribution in [0.2, 0.25) is 0 Å². The summed E-state index contributed by atoms with van der Waals surface area (Å²) in [6.45, 7) is 12.4. The average Bonchev–Trinajstić information content (AvgIpc) is 3.03. The molecule has 40 heavy (non-hydrogen) atoms. The molecule has 1 atom stereocenters. The summed E-state index contributed by atoms with van der Waals surface area (Å²) in [5.74, 6) is 0.963. The molecule has 0 fully saturated rings. The van der Waals surface area contributed by atoms with E-state index in [0.717, 1.165) is 29.0 Å². The molecule has 3 nitrogen and oxygen atoms in total. The molecule has 0 saturated heterocycles. The van der Waals surface area contributed by atoms with Crippen molar-refractivity contribution in [3.05, 3.63) is 114 Å². The van der Waals surface area contributed by atoms with E-state index in [0.29, 0.717) is 17.3 Å². The van der Waals surface area contributed by atoms with Crippen LogP contribution in [0, 0.1) is 17.2 Å². The minimum atomic E-state index is 0.341. The zero-order valence-corrected chi connectivity index (χ0v) is 24.4. The Labute approximate surface area is 238 Å². The van der Waals surface area contributed by atoms with Gasteiger partial charge in [-0.25, -0.2) is 9.98 Å². The number of amidine groups is 1.